The van der Waals surface area contributed by atoms with Gasteiger partial charge in [-0.2, -0.15) is 0 Å². The van der Waals surface area contributed by atoms with Crippen LogP contribution < -0.4 is 0 Å². The molecule has 10 nitrogen and oxygen atoms in total. The first kappa shape index (κ1) is 17.0. The van der Waals surface area contributed by atoms with E-state index in [4.69, 9.17) is 25.5 Å². The van der Waals surface area contributed by atoms with Gasteiger partial charge in [0.1, 0.15) is 6.10 Å². The van der Waals surface area contributed by atoms with E-state index in [-0.39, 0.29) is 0 Å². The van der Waals surface area contributed by atoms with Crippen LogP contribution in [-0.2, 0) is 19.2 Å². The topological polar surface area (TPSA) is 190 Å². The minimum absolute atomic E-state index is 1.20. The van der Waals surface area contributed by atoms with E-state index >= 15 is 0 Å². The lowest BCUT2D eigenvalue weighted by molar-refractivity contribution is -0.182. The minimum atomic E-state index is -3.44. The Balaban J connectivity index is 5.67. The summed E-state index contributed by atoms with van der Waals surface area (Å²) >= 11 is 0. The van der Waals surface area contributed by atoms with Gasteiger partial charge in [0.05, 0.1) is 13.0 Å². The number of hydrogen-bond donors (Lipinski definition) is 6. The minimum Gasteiger partial charge on any atom is -0.481 e. The highest BCUT2D eigenvalue weighted by Gasteiger charge is 2.54. The Bertz CT molecular complexity index is 402. The number of carboxylic acid groups (broad SMARTS) is 3. The fraction of sp³-hybridized carbons (Fsp3) is 0.556. The number of Topliss-reactive ketones (excluding diaryl/α,β-unsaturated/α-hetero) is 1. The van der Waals surface area contributed by atoms with Crippen LogP contribution in [0.15, 0.2) is 0 Å². The average molecular weight is 280 g/mol. The summed E-state index contributed by atoms with van der Waals surface area (Å²) in [5, 5.41) is 53.1. The standard InChI is InChI=1S/C9H12O10/c10-2-3(11)6(14)5(7(15)16)9(19,8(17)18)1-4(12)13/h3,5,10-11,19H,1-2H2,(H,12,13)(H,15,16)(H,17,18). The Hall–Kier alpha value is -2.04. The normalized spacial score (nSPS) is 17.0. The molecule has 19 heavy (non-hydrogen) atoms. The number of aliphatic hydroxyl groups excluding tert-OH is 2. The molecular weight excluding hydrogens is 268 g/mol. The molecule has 108 valence electrons. The van der Waals surface area contributed by atoms with Crippen molar-refractivity contribution >= 4 is 23.7 Å². The van der Waals surface area contributed by atoms with Crippen LogP contribution in [0.3, 0.4) is 0 Å². The van der Waals surface area contributed by atoms with Gasteiger partial charge in [0.15, 0.2) is 17.3 Å². The van der Waals surface area contributed by atoms with E-state index < -0.39 is 54.3 Å². The van der Waals surface area contributed by atoms with Crippen molar-refractivity contribution in [1.29, 1.82) is 0 Å². The zero-order chi connectivity index (χ0) is 15.4. The van der Waals surface area contributed by atoms with Gasteiger partial charge in [0.25, 0.3) is 0 Å². The highest BCUT2D eigenvalue weighted by molar-refractivity contribution is 6.06. The number of carbonyl (C=O) groups excluding carboxylic acids is 1. The van der Waals surface area contributed by atoms with Gasteiger partial charge >= 0.3 is 17.9 Å². The van der Waals surface area contributed by atoms with Crippen LogP contribution in [0.2, 0.25) is 0 Å². The number of aliphatic carboxylic acids is 3. The van der Waals surface area contributed by atoms with Crippen molar-refractivity contribution in [2.24, 2.45) is 5.92 Å². The molecule has 0 spiro atoms. The quantitative estimate of drug-likeness (QED) is 0.248. The molecule has 0 aliphatic heterocycles. The third-order valence-electron chi connectivity index (χ3n) is 2.30. The summed E-state index contributed by atoms with van der Waals surface area (Å²) in [6, 6.07) is 0. The fourth-order valence-corrected chi connectivity index (χ4v) is 1.38. The van der Waals surface area contributed by atoms with E-state index in [1.165, 1.54) is 0 Å². The zero-order valence-electron chi connectivity index (χ0n) is 9.39. The van der Waals surface area contributed by atoms with Gasteiger partial charge in [-0.25, -0.2) is 4.79 Å². The molecule has 0 aromatic rings. The third-order valence-corrected chi connectivity index (χ3v) is 2.30. The molecule has 0 aliphatic carbocycles. The Morgan fingerprint density at radius 2 is 1.53 bits per heavy atom. The van der Waals surface area contributed by atoms with Gasteiger partial charge in [-0.1, -0.05) is 0 Å². The molecule has 0 amide bonds. The summed E-state index contributed by atoms with van der Waals surface area (Å²) in [5.74, 6) is -10.7. The lowest BCUT2D eigenvalue weighted by Crippen LogP contribution is -2.56. The summed E-state index contributed by atoms with van der Waals surface area (Å²) in [4.78, 5) is 43.6. The smallest absolute Gasteiger partial charge is 0.337 e. The molecule has 3 atom stereocenters. The second kappa shape index (κ2) is 6.22. The molecule has 0 saturated heterocycles. The monoisotopic (exact) mass is 280 g/mol. The number of hydrogen-bond acceptors (Lipinski definition) is 7. The number of carbonyl (C=O) groups is 4. The maximum absolute atomic E-state index is 11.4. The van der Waals surface area contributed by atoms with E-state index in [9.17, 15) is 24.3 Å². The van der Waals surface area contributed by atoms with E-state index in [0.29, 0.717) is 0 Å². The highest BCUT2D eigenvalue weighted by atomic mass is 16.4. The molecule has 0 radical (unpaired) electrons. The lowest BCUT2D eigenvalue weighted by atomic mass is 9.80. The molecule has 0 saturated carbocycles. The predicted molar refractivity (Wildman–Crippen MR) is 54.1 cm³/mol. The van der Waals surface area contributed by atoms with Gasteiger partial charge in [-0.05, 0) is 0 Å². The van der Waals surface area contributed by atoms with Gasteiger partial charge in [-0.15, -0.1) is 0 Å². The van der Waals surface area contributed by atoms with E-state index in [2.05, 4.69) is 0 Å². The van der Waals surface area contributed by atoms with E-state index in [0.717, 1.165) is 0 Å². The Kier molecular flexibility index (Phi) is 5.55. The summed E-state index contributed by atoms with van der Waals surface area (Å²) in [7, 11) is 0. The summed E-state index contributed by atoms with van der Waals surface area (Å²) in [5.41, 5.74) is -3.44. The first-order valence-electron chi connectivity index (χ1n) is 4.81. The Morgan fingerprint density at radius 1 is 1.05 bits per heavy atom. The average Bonchev–Trinajstić information content (AvgIpc) is 2.25. The predicted octanol–water partition coefficient (Wildman–Crippen LogP) is -3.10. The van der Waals surface area contributed by atoms with Crippen molar-refractivity contribution in [1.82, 2.24) is 0 Å². The number of aliphatic hydroxyl groups is 3. The van der Waals surface area contributed by atoms with Crippen molar-refractivity contribution in [3.8, 4) is 0 Å². The maximum atomic E-state index is 11.4. The van der Waals surface area contributed by atoms with Crippen LogP contribution >= 0.6 is 0 Å². The molecule has 6 N–H and O–H groups in total. The maximum Gasteiger partial charge on any atom is 0.337 e. The molecule has 0 aromatic heterocycles. The number of rotatable bonds is 8. The highest BCUT2D eigenvalue weighted by Crippen LogP contribution is 2.25. The second-order valence-electron chi connectivity index (χ2n) is 3.67. The Labute approximate surface area is 105 Å². The van der Waals surface area contributed by atoms with Crippen molar-refractivity contribution in [3.05, 3.63) is 0 Å². The van der Waals surface area contributed by atoms with Gasteiger partial charge in [0.2, 0.25) is 0 Å². The van der Waals surface area contributed by atoms with Crippen LogP contribution in [-0.4, -0.2) is 72.6 Å². The Morgan fingerprint density at radius 3 is 1.79 bits per heavy atom. The van der Waals surface area contributed by atoms with Crippen LogP contribution in [0.1, 0.15) is 6.42 Å². The molecule has 0 heterocycles. The van der Waals surface area contributed by atoms with Crippen LogP contribution in [0.25, 0.3) is 0 Å². The number of ketones is 1. The summed E-state index contributed by atoms with van der Waals surface area (Å²) in [6.45, 7) is -1.20. The van der Waals surface area contributed by atoms with Crippen molar-refractivity contribution in [3.63, 3.8) is 0 Å². The first-order chi connectivity index (χ1) is 8.57. The molecular formula is C9H12O10. The lowest BCUT2D eigenvalue weighted by Gasteiger charge is -2.28. The zero-order valence-corrected chi connectivity index (χ0v) is 9.39. The van der Waals surface area contributed by atoms with E-state index in [1.54, 1.807) is 0 Å². The van der Waals surface area contributed by atoms with Crippen molar-refractivity contribution < 1.29 is 49.8 Å². The number of carboxylic acids is 3. The van der Waals surface area contributed by atoms with Gasteiger partial charge in [-0.3, -0.25) is 14.4 Å². The van der Waals surface area contributed by atoms with Crippen molar-refractivity contribution in [2.75, 3.05) is 6.61 Å². The fourth-order valence-electron chi connectivity index (χ4n) is 1.38. The molecule has 10 heteroatoms. The molecule has 0 rings (SSSR count). The van der Waals surface area contributed by atoms with Crippen LogP contribution in [0.4, 0.5) is 0 Å². The van der Waals surface area contributed by atoms with Crippen molar-refractivity contribution in [2.45, 2.75) is 18.1 Å². The van der Waals surface area contributed by atoms with Crippen LogP contribution in [0.5, 0.6) is 0 Å². The first-order valence-corrected chi connectivity index (χ1v) is 4.81. The molecule has 0 aromatic carbocycles. The van der Waals surface area contributed by atoms with E-state index in [1.807, 2.05) is 0 Å². The summed E-state index contributed by atoms with van der Waals surface area (Å²) in [6.07, 6.45) is -3.82. The van der Waals surface area contributed by atoms with Crippen LogP contribution in [0, 0.1) is 5.92 Å². The SMILES string of the molecule is O=C(O)CC(O)(C(=O)O)C(C(=O)O)C(=O)C(O)CO. The second-order valence-corrected chi connectivity index (χ2v) is 3.67. The molecule has 0 aliphatic rings. The molecule has 0 bridgehead atoms. The molecule has 3 unspecified atom stereocenters. The summed E-state index contributed by atoms with van der Waals surface area (Å²) < 4.78 is 0. The third kappa shape index (κ3) is 3.71. The molecule has 0 fully saturated rings. The van der Waals surface area contributed by atoms with Gasteiger partial charge < -0.3 is 30.6 Å². The largest absolute Gasteiger partial charge is 0.481 e. The van der Waals surface area contributed by atoms with Gasteiger partial charge in [0, 0.05) is 0 Å².